The van der Waals surface area contributed by atoms with Gasteiger partial charge in [0.1, 0.15) is 0 Å². The van der Waals surface area contributed by atoms with E-state index in [1.54, 1.807) is 5.32 Å². The molecule has 0 aliphatic carbocycles. The molecule has 0 aromatic heterocycles. The van der Waals surface area contributed by atoms with Crippen molar-refractivity contribution >= 4 is 11.9 Å². The first-order valence-electron chi connectivity index (χ1n) is 3.97. The lowest BCUT2D eigenvalue weighted by Crippen LogP contribution is -2.43. The number of hydrogen-bond donors (Lipinski definition) is 2. The van der Waals surface area contributed by atoms with Crippen molar-refractivity contribution in [3.63, 3.8) is 0 Å². The Morgan fingerprint density at radius 2 is 2.00 bits per heavy atom. The van der Waals surface area contributed by atoms with Crippen molar-refractivity contribution in [1.29, 1.82) is 0 Å². The van der Waals surface area contributed by atoms with Crippen LogP contribution in [0.1, 0.15) is 12.8 Å². The molecule has 15 heavy (non-hydrogen) atoms. The maximum absolute atomic E-state index is 11.8. The molecule has 0 saturated heterocycles. The van der Waals surface area contributed by atoms with Crippen molar-refractivity contribution in [2.75, 3.05) is 0 Å². The first kappa shape index (κ1) is 13.5. The summed E-state index contributed by atoms with van der Waals surface area (Å²) >= 11 is 0. The summed E-state index contributed by atoms with van der Waals surface area (Å²) in [6.45, 7) is 3.25. The van der Waals surface area contributed by atoms with E-state index in [0.717, 1.165) is 0 Å². The first-order chi connectivity index (χ1) is 6.77. The summed E-state index contributed by atoms with van der Waals surface area (Å²) < 4.78 is 35.4. The Bertz CT molecular complexity index is 262. The predicted molar refractivity (Wildman–Crippen MR) is 45.1 cm³/mol. The zero-order valence-corrected chi connectivity index (χ0v) is 7.67. The molecular weight excluding hydrogens is 215 g/mol. The third-order valence-electron chi connectivity index (χ3n) is 1.46. The molecule has 1 atom stereocenters. The van der Waals surface area contributed by atoms with Crippen molar-refractivity contribution < 1.29 is 27.9 Å². The number of nitrogens with one attached hydrogen (secondary N) is 1. The van der Waals surface area contributed by atoms with E-state index < -0.39 is 30.5 Å². The van der Waals surface area contributed by atoms with Crippen LogP contribution >= 0.6 is 0 Å². The fourth-order valence-electron chi connectivity index (χ4n) is 0.872. The van der Waals surface area contributed by atoms with Gasteiger partial charge in [-0.25, -0.2) is 0 Å². The molecule has 0 fully saturated rings. The minimum absolute atomic E-state index is 0.0336. The SMILES string of the molecule is C=CC[C@H](CC(=O)O)NC(=O)C(F)(F)F. The van der Waals surface area contributed by atoms with Gasteiger partial charge in [-0.15, -0.1) is 6.58 Å². The molecule has 0 aromatic carbocycles. The number of carbonyl (C=O) groups is 2. The Morgan fingerprint density at radius 3 is 2.33 bits per heavy atom. The highest BCUT2D eigenvalue weighted by Gasteiger charge is 2.39. The highest BCUT2D eigenvalue weighted by atomic mass is 19.4. The number of carboxylic acids is 1. The van der Waals surface area contributed by atoms with E-state index in [4.69, 9.17) is 5.11 Å². The molecule has 0 unspecified atom stereocenters. The van der Waals surface area contributed by atoms with E-state index in [2.05, 4.69) is 6.58 Å². The van der Waals surface area contributed by atoms with Gasteiger partial charge in [0.2, 0.25) is 0 Å². The van der Waals surface area contributed by atoms with Crippen molar-refractivity contribution in [2.45, 2.75) is 25.1 Å². The molecule has 86 valence electrons. The lowest BCUT2D eigenvalue weighted by atomic mass is 10.1. The average molecular weight is 225 g/mol. The van der Waals surface area contributed by atoms with E-state index in [9.17, 15) is 22.8 Å². The Kier molecular flexibility index (Phi) is 4.83. The summed E-state index contributed by atoms with van der Waals surface area (Å²) in [6, 6.07) is -1.09. The second kappa shape index (κ2) is 5.38. The van der Waals surface area contributed by atoms with Crippen molar-refractivity contribution in [1.82, 2.24) is 5.32 Å². The fourth-order valence-corrected chi connectivity index (χ4v) is 0.872. The number of carboxylic acid groups (broad SMARTS) is 1. The molecule has 0 spiro atoms. The zero-order valence-electron chi connectivity index (χ0n) is 7.67. The van der Waals surface area contributed by atoms with E-state index in [-0.39, 0.29) is 6.42 Å². The van der Waals surface area contributed by atoms with Gasteiger partial charge in [0.05, 0.1) is 6.42 Å². The lowest BCUT2D eigenvalue weighted by molar-refractivity contribution is -0.174. The second-order valence-corrected chi connectivity index (χ2v) is 2.79. The van der Waals surface area contributed by atoms with Crippen LogP contribution in [0.25, 0.3) is 0 Å². The normalized spacial score (nSPS) is 13.0. The number of halogens is 3. The quantitative estimate of drug-likeness (QED) is 0.688. The van der Waals surface area contributed by atoms with Gasteiger partial charge in [0.25, 0.3) is 0 Å². The number of amides is 1. The molecule has 0 rings (SSSR count). The van der Waals surface area contributed by atoms with Gasteiger partial charge < -0.3 is 10.4 Å². The number of hydrogen-bond acceptors (Lipinski definition) is 2. The van der Waals surface area contributed by atoms with E-state index in [1.807, 2.05) is 0 Å². The Morgan fingerprint density at radius 1 is 1.47 bits per heavy atom. The monoisotopic (exact) mass is 225 g/mol. The molecule has 0 bridgehead atoms. The maximum atomic E-state index is 11.8. The lowest BCUT2D eigenvalue weighted by Gasteiger charge is -2.15. The second-order valence-electron chi connectivity index (χ2n) is 2.79. The Hall–Kier alpha value is -1.53. The summed E-state index contributed by atoms with van der Waals surface area (Å²) in [6.07, 6.45) is -4.37. The number of rotatable bonds is 5. The minimum Gasteiger partial charge on any atom is -0.481 e. The van der Waals surface area contributed by atoms with Crippen LogP contribution in [0.5, 0.6) is 0 Å². The van der Waals surface area contributed by atoms with Gasteiger partial charge in [-0.05, 0) is 6.42 Å². The summed E-state index contributed by atoms with van der Waals surface area (Å²) in [5.41, 5.74) is 0. The van der Waals surface area contributed by atoms with Gasteiger partial charge in [-0.3, -0.25) is 9.59 Å². The van der Waals surface area contributed by atoms with Gasteiger partial charge in [-0.1, -0.05) is 6.08 Å². The first-order valence-corrected chi connectivity index (χ1v) is 3.97. The van der Waals surface area contributed by atoms with Crippen molar-refractivity contribution in [2.24, 2.45) is 0 Å². The van der Waals surface area contributed by atoms with Crippen LogP contribution < -0.4 is 5.32 Å². The Balaban J connectivity index is 4.34. The largest absolute Gasteiger partial charge is 0.481 e. The minimum atomic E-state index is -5.00. The highest BCUT2D eigenvalue weighted by Crippen LogP contribution is 2.15. The highest BCUT2D eigenvalue weighted by molar-refractivity contribution is 5.82. The molecule has 7 heteroatoms. The van der Waals surface area contributed by atoms with Crippen LogP contribution in [0.3, 0.4) is 0 Å². The summed E-state index contributed by atoms with van der Waals surface area (Å²) in [5.74, 6) is -3.43. The molecule has 0 heterocycles. The zero-order chi connectivity index (χ0) is 12.1. The smallest absolute Gasteiger partial charge is 0.471 e. The number of alkyl halides is 3. The summed E-state index contributed by atoms with van der Waals surface area (Å²) in [4.78, 5) is 20.7. The number of carbonyl (C=O) groups excluding carboxylic acids is 1. The number of aliphatic carboxylic acids is 1. The van der Waals surface area contributed by atoms with Crippen LogP contribution in [0.15, 0.2) is 12.7 Å². The molecule has 0 aromatic rings. The van der Waals surface area contributed by atoms with E-state index in [1.165, 1.54) is 6.08 Å². The molecule has 2 N–H and O–H groups in total. The summed E-state index contributed by atoms with van der Waals surface area (Å²) in [7, 11) is 0. The third kappa shape index (κ3) is 5.71. The predicted octanol–water partition coefficient (Wildman–Crippen LogP) is 1.08. The maximum Gasteiger partial charge on any atom is 0.471 e. The Labute approximate surface area is 83.8 Å². The molecule has 0 aliphatic rings. The standard InChI is InChI=1S/C8H10F3NO3/c1-2-3-5(4-6(13)14)12-7(15)8(9,10)11/h2,5H,1,3-4H2,(H,12,15)(H,13,14)/t5-/m1/s1. The van der Waals surface area contributed by atoms with Gasteiger partial charge >= 0.3 is 18.1 Å². The van der Waals surface area contributed by atoms with Gasteiger partial charge in [0, 0.05) is 6.04 Å². The molecule has 0 saturated carbocycles. The van der Waals surface area contributed by atoms with Crippen LogP contribution in [-0.4, -0.2) is 29.2 Å². The average Bonchev–Trinajstić information content (AvgIpc) is 2.01. The molecular formula is C8H10F3NO3. The molecule has 0 aliphatic heterocycles. The third-order valence-corrected chi connectivity index (χ3v) is 1.46. The van der Waals surface area contributed by atoms with E-state index in [0.29, 0.717) is 0 Å². The van der Waals surface area contributed by atoms with Gasteiger partial charge in [0.15, 0.2) is 0 Å². The van der Waals surface area contributed by atoms with E-state index >= 15 is 0 Å². The van der Waals surface area contributed by atoms with Gasteiger partial charge in [-0.2, -0.15) is 13.2 Å². The van der Waals surface area contributed by atoms with Crippen molar-refractivity contribution in [3.8, 4) is 0 Å². The fraction of sp³-hybridized carbons (Fsp3) is 0.500. The van der Waals surface area contributed by atoms with Crippen LogP contribution in [0.2, 0.25) is 0 Å². The molecule has 0 radical (unpaired) electrons. The van der Waals surface area contributed by atoms with Crippen LogP contribution in [0.4, 0.5) is 13.2 Å². The molecule has 1 amide bonds. The van der Waals surface area contributed by atoms with Crippen molar-refractivity contribution in [3.05, 3.63) is 12.7 Å². The van der Waals surface area contributed by atoms with Crippen LogP contribution in [0, 0.1) is 0 Å². The topological polar surface area (TPSA) is 66.4 Å². The summed E-state index contributed by atoms with van der Waals surface area (Å²) in [5, 5.41) is 9.93. The molecule has 4 nitrogen and oxygen atoms in total. The van der Waals surface area contributed by atoms with Crippen LogP contribution in [-0.2, 0) is 9.59 Å².